The predicted molar refractivity (Wildman–Crippen MR) is 83.3 cm³/mol. The zero-order chi connectivity index (χ0) is 16.3. The van der Waals surface area contributed by atoms with Crippen molar-refractivity contribution in [3.63, 3.8) is 0 Å². The van der Waals surface area contributed by atoms with Gasteiger partial charge in [-0.1, -0.05) is 12.1 Å². The fourth-order valence-corrected chi connectivity index (χ4v) is 2.54. The van der Waals surface area contributed by atoms with Crippen LogP contribution in [0.25, 0.3) is 0 Å². The summed E-state index contributed by atoms with van der Waals surface area (Å²) in [5.74, 6) is -1.81. The molecule has 0 spiro atoms. The topological polar surface area (TPSA) is 58.2 Å². The van der Waals surface area contributed by atoms with Gasteiger partial charge in [-0.15, -0.1) is 0 Å². The molecule has 2 rings (SSSR count). The van der Waals surface area contributed by atoms with Crippen LogP contribution in [0.2, 0.25) is 0 Å². The van der Waals surface area contributed by atoms with E-state index in [1.807, 2.05) is 6.92 Å². The van der Waals surface area contributed by atoms with Gasteiger partial charge in [-0.25, -0.2) is 17.2 Å². The average Bonchev–Trinajstić information content (AvgIpc) is 2.42. The third-order valence-electron chi connectivity index (χ3n) is 3.02. The van der Waals surface area contributed by atoms with Gasteiger partial charge in [0.2, 0.25) is 10.0 Å². The van der Waals surface area contributed by atoms with Crippen molar-refractivity contribution in [3.05, 3.63) is 59.7 Å². The summed E-state index contributed by atoms with van der Waals surface area (Å²) >= 11 is 0. The monoisotopic (exact) mass is 326 g/mol. The van der Waals surface area contributed by atoms with Gasteiger partial charge in [0.25, 0.3) is 0 Å². The number of hydrogen-bond donors (Lipinski definition) is 2. The Morgan fingerprint density at radius 3 is 2.09 bits per heavy atom. The van der Waals surface area contributed by atoms with Gasteiger partial charge in [0.15, 0.2) is 11.6 Å². The lowest BCUT2D eigenvalue weighted by Gasteiger charge is -2.16. The lowest BCUT2D eigenvalue weighted by atomic mass is 10.1. The van der Waals surface area contributed by atoms with E-state index in [9.17, 15) is 17.2 Å². The molecule has 0 aromatic heterocycles. The fourth-order valence-electron chi connectivity index (χ4n) is 1.97. The second-order valence-electron chi connectivity index (χ2n) is 4.99. The number of rotatable bonds is 5. The van der Waals surface area contributed by atoms with Crippen LogP contribution < -0.4 is 10.0 Å². The van der Waals surface area contributed by atoms with Crippen molar-refractivity contribution in [2.75, 3.05) is 16.3 Å². The minimum atomic E-state index is -3.31. The number of hydrogen-bond acceptors (Lipinski definition) is 3. The van der Waals surface area contributed by atoms with Gasteiger partial charge in [0.1, 0.15) is 0 Å². The lowest BCUT2D eigenvalue weighted by molar-refractivity contribution is 0.509. The molecule has 7 heteroatoms. The number of anilines is 2. The Kier molecular flexibility index (Phi) is 4.65. The maximum absolute atomic E-state index is 13.2. The number of sulfonamides is 1. The van der Waals surface area contributed by atoms with Crippen LogP contribution >= 0.6 is 0 Å². The van der Waals surface area contributed by atoms with E-state index in [4.69, 9.17) is 0 Å². The summed E-state index contributed by atoms with van der Waals surface area (Å²) in [6.45, 7) is 1.86. The first kappa shape index (κ1) is 16.2. The van der Waals surface area contributed by atoms with E-state index in [0.29, 0.717) is 11.4 Å². The third kappa shape index (κ3) is 4.42. The van der Waals surface area contributed by atoms with Crippen LogP contribution in [0.1, 0.15) is 18.5 Å². The molecule has 0 aliphatic rings. The SMILES string of the molecule is C[C@H](Nc1ccc(F)c(F)c1)c1ccc(NS(C)(=O)=O)cc1. The molecule has 4 nitrogen and oxygen atoms in total. The van der Waals surface area contributed by atoms with Crippen molar-refractivity contribution in [1.82, 2.24) is 0 Å². The summed E-state index contributed by atoms with van der Waals surface area (Å²) in [5, 5.41) is 3.05. The third-order valence-corrected chi connectivity index (χ3v) is 3.62. The first-order valence-electron chi connectivity index (χ1n) is 6.54. The average molecular weight is 326 g/mol. The van der Waals surface area contributed by atoms with E-state index in [0.717, 1.165) is 24.0 Å². The molecule has 1 atom stereocenters. The highest BCUT2D eigenvalue weighted by molar-refractivity contribution is 7.92. The normalized spacial score (nSPS) is 12.7. The lowest BCUT2D eigenvalue weighted by Crippen LogP contribution is -2.10. The zero-order valence-corrected chi connectivity index (χ0v) is 12.9. The van der Waals surface area contributed by atoms with Gasteiger partial charge < -0.3 is 5.32 Å². The quantitative estimate of drug-likeness (QED) is 0.884. The van der Waals surface area contributed by atoms with E-state index in [1.165, 1.54) is 6.07 Å². The van der Waals surface area contributed by atoms with Crippen LogP contribution in [0.15, 0.2) is 42.5 Å². The summed E-state index contributed by atoms with van der Waals surface area (Å²) in [5.41, 5.74) is 1.81. The summed E-state index contributed by atoms with van der Waals surface area (Å²) in [4.78, 5) is 0. The van der Waals surface area contributed by atoms with E-state index in [-0.39, 0.29) is 6.04 Å². The summed E-state index contributed by atoms with van der Waals surface area (Å²) < 4.78 is 50.7. The van der Waals surface area contributed by atoms with Gasteiger partial charge in [-0.05, 0) is 36.8 Å². The smallest absolute Gasteiger partial charge is 0.229 e. The second kappa shape index (κ2) is 6.31. The Bertz CT molecular complexity index is 762. The highest BCUT2D eigenvalue weighted by Crippen LogP contribution is 2.22. The van der Waals surface area contributed by atoms with Crippen molar-refractivity contribution >= 4 is 21.4 Å². The van der Waals surface area contributed by atoms with Crippen molar-refractivity contribution < 1.29 is 17.2 Å². The number of nitrogens with one attached hydrogen (secondary N) is 2. The van der Waals surface area contributed by atoms with Crippen LogP contribution in [0, 0.1) is 11.6 Å². The molecule has 2 N–H and O–H groups in total. The summed E-state index contributed by atoms with van der Waals surface area (Å²) in [6, 6.07) is 10.2. The summed E-state index contributed by atoms with van der Waals surface area (Å²) in [7, 11) is -3.31. The molecule has 0 unspecified atom stereocenters. The number of benzene rings is 2. The highest BCUT2D eigenvalue weighted by Gasteiger charge is 2.08. The Balaban J connectivity index is 2.09. The molecule has 0 radical (unpaired) electrons. The van der Waals surface area contributed by atoms with Crippen molar-refractivity contribution in [2.24, 2.45) is 0 Å². The molecule has 0 saturated heterocycles. The van der Waals surface area contributed by atoms with Gasteiger partial charge in [0.05, 0.1) is 6.26 Å². The van der Waals surface area contributed by atoms with Gasteiger partial charge in [-0.2, -0.15) is 0 Å². The van der Waals surface area contributed by atoms with Crippen LogP contribution in [0.4, 0.5) is 20.2 Å². The maximum atomic E-state index is 13.2. The first-order chi connectivity index (χ1) is 10.2. The standard InChI is InChI=1S/C15H16F2N2O2S/c1-10(18-13-7-8-14(16)15(17)9-13)11-3-5-12(6-4-11)19-22(2,20)21/h3-10,18-19H,1-2H3/t10-/m0/s1. The fraction of sp³-hybridized carbons (Fsp3) is 0.200. The van der Waals surface area contributed by atoms with Crippen molar-refractivity contribution in [1.29, 1.82) is 0 Å². The molecule has 0 amide bonds. The van der Waals surface area contributed by atoms with Crippen LogP contribution in [0.3, 0.4) is 0 Å². The van der Waals surface area contributed by atoms with Crippen LogP contribution in [0.5, 0.6) is 0 Å². The molecule has 118 valence electrons. The molecule has 0 saturated carbocycles. The molecule has 0 aliphatic carbocycles. The minimum absolute atomic E-state index is 0.155. The molecule has 2 aromatic carbocycles. The molecule has 2 aromatic rings. The van der Waals surface area contributed by atoms with E-state index in [1.54, 1.807) is 24.3 Å². The second-order valence-corrected chi connectivity index (χ2v) is 6.74. The maximum Gasteiger partial charge on any atom is 0.229 e. The Hall–Kier alpha value is -2.15. The largest absolute Gasteiger partial charge is 0.378 e. The molecular weight excluding hydrogens is 310 g/mol. The van der Waals surface area contributed by atoms with Crippen LogP contribution in [-0.4, -0.2) is 14.7 Å². The Morgan fingerprint density at radius 1 is 0.955 bits per heavy atom. The molecular formula is C15H16F2N2O2S. The van der Waals surface area contributed by atoms with Gasteiger partial charge in [0, 0.05) is 23.5 Å². The minimum Gasteiger partial charge on any atom is -0.378 e. The van der Waals surface area contributed by atoms with Crippen molar-refractivity contribution in [2.45, 2.75) is 13.0 Å². The Morgan fingerprint density at radius 2 is 1.55 bits per heavy atom. The predicted octanol–water partition coefficient (Wildman–Crippen LogP) is 3.51. The van der Waals surface area contributed by atoms with E-state index >= 15 is 0 Å². The van der Waals surface area contributed by atoms with Gasteiger partial charge in [-0.3, -0.25) is 4.72 Å². The first-order valence-corrected chi connectivity index (χ1v) is 8.43. The molecule has 0 fully saturated rings. The zero-order valence-electron chi connectivity index (χ0n) is 12.1. The van der Waals surface area contributed by atoms with E-state index in [2.05, 4.69) is 10.0 Å². The molecule has 0 heterocycles. The molecule has 0 aliphatic heterocycles. The number of halogens is 2. The van der Waals surface area contributed by atoms with Crippen molar-refractivity contribution in [3.8, 4) is 0 Å². The van der Waals surface area contributed by atoms with Gasteiger partial charge >= 0.3 is 0 Å². The van der Waals surface area contributed by atoms with E-state index < -0.39 is 21.7 Å². The van der Waals surface area contributed by atoms with Crippen LogP contribution in [-0.2, 0) is 10.0 Å². The molecule has 22 heavy (non-hydrogen) atoms. The highest BCUT2D eigenvalue weighted by atomic mass is 32.2. The summed E-state index contributed by atoms with van der Waals surface area (Å²) in [6.07, 6.45) is 1.08. The Labute approximate surface area is 128 Å². The molecule has 0 bridgehead atoms.